The van der Waals surface area contributed by atoms with Gasteiger partial charge in [0.1, 0.15) is 11.5 Å². The van der Waals surface area contributed by atoms with Gasteiger partial charge in [-0.2, -0.15) is 0 Å². The zero-order valence-electron chi connectivity index (χ0n) is 22.1. The fourth-order valence-corrected chi connectivity index (χ4v) is 4.36. The molecule has 1 N–H and O–H groups in total. The molecule has 196 valence electrons. The largest absolute Gasteiger partial charge is 0.497 e. The van der Waals surface area contributed by atoms with Crippen molar-refractivity contribution in [3.63, 3.8) is 0 Å². The van der Waals surface area contributed by atoms with Gasteiger partial charge in [0.25, 0.3) is 0 Å². The number of rotatable bonds is 15. The number of hydrogen-bond acceptors (Lipinski definition) is 5. The molecule has 0 aliphatic rings. The molecule has 0 radical (unpaired) electrons. The number of halogens is 1. The second-order valence-corrected chi connectivity index (χ2v) is 9.86. The zero-order chi connectivity index (χ0) is 26.6. The number of hydrogen-bond donors (Lipinski definition) is 1. The summed E-state index contributed by atoms with van der Waals surface area (Å²) < 4.78 is 12.5. The maximum absolute atomic E-state index is 14.0. The standard InChI is InChI=1S/C31H37BrN2O3/c1-5-7-8-9-21-37-28-19-18-27(34(3)20-6-2)29(31(35)24-12-14-25(32)15-13-24)30(28)33-22-23-10-16-26(36-4)17-11-23/h6,10-19,33H,2,5,7-9,20-22H2,1,3-4H3. The van der Waals surface area contributed by atoms with E-state index in [-0.39, 0.29) is 5.78 Å². The maximum Gasteiger partial charge on any atom is 0.197 e. The van der Waals surface area contributed by atoms with Crippen LogP contribution in [0.3, 0.4) is 0 Å². The van der Waals surface area contributed by atoms with Crippen LogP contribution in [0.1, 0.15) is 54.1 Å². The Bertz CT molecular complexity index is 1160. The van der Waals surface area contributed by atoms with Crippen LogP contribution >= 0.6 is 15.9 Å². The second-order valence-electron chi connectivity index (χ2n) is 8.95. The lowest BCUT2D eigenvalue weighted by atomic mass is 9.98. The lowest BCUT2D eigenvalue weighted by Gasteiger charge is -2.25. The van der Waals surface area contributed by atoms with Crippen molar-refractivity contribution in [2.45, 2.75) is 39.2 Å². The summed E-state index contributed by atoms with van der Waals surface area (Å²) in [5, 5.41) is 3.54. The minimum Gasteiger partial charge on any atom is -0.497 e. The maximum atomic E-state index is 14.0. The SMILES string of the molecule is C=CCN(C)c1ccc(OCCCCCC)c(NCc2ccc(OC)cc2)c1C(=O)c1ccc(Br)cc1. The molecular weight excluding hydrogens is 528 g/mol. The number of methoxy groups -OCH3 is 1. The Morgan fingerprint density at radius 3 is 2.41 bits per heavy atom. The van der Waals surface area contributed by atoms with Gasteiger partial charge in [0.2, 0.25) is 0 Å². The lowest BCUT2D eigenvalue weighted by Crippen LogP contribution is -2.22. The van der Waals surface area contributed by atoms with E-state index in [4.69, 9.17) is 9.47 Å². The Morgan fingerprint density at radius 2 is 1.76 bits per heavy atom. The van der Waals surface area contributed by atoms with Crippen molar-refractivity contribution >= 4 is 33.1 Å². The Balaban J connectivity index is 2.04. The molecule has 6 heteroatoms. The van der Waals surface area contributed by atoms with Gasteiger partial charge in [-0.05, 0) is 60.5 Å². The number of nitrogens with zero attached hydrogens (tertiary/aromatic N) is 1. The van der Waals surface area contributed by atoms with E-state index in [9.17, 15) is 4.79 Å². The molecule has 0 bridgehead atoms. The number of carbonyl (C=O) groups excluding carboxylic acids is 1. The third-order valence-corrected chi connectivity index (χ3v) is 6.71. The molecule has 3 aromatic rings. The fraction of sp³-hybridized carbons (Fsp3) is 0.323. The van der Waals surface area contributed by atoms with Crippen LogP contribution in [-0.4, -0.2) is 33.1 Å². The summed E-state index contributed by atoms with van der Waals surface area (Å²) in [6.45, 7) is 7.82. The van der Waals surface area contributed by atoms with Crippen LogP contribution in [0.15, 0.2) is 77.8 Å². The first-order chi connectivity index (χ1) is 18.0. The van der Waals surface area contributed by atoms with E-state index >= 15 is 0 Å². The first-order valence-electron chi connectivity index (χ1n) is 12.8. The number of unbranched alkanes of at least 4 members (excludes halogenated alkanes) is 3. The highest BCUT2D eigenvalue weighted by Gasteiger charge is 2.24. The quantitative estimate of drug-likeness (QED) is 0.115. The first-order valence-corrected chi connectivity index (χ1v) is 13.6. The van der Waals surface area contributed by atoms with Gasteiger partial charge in [-0.15, -0.1) is 6.58 Å². The molecule has 0 saturated heterocycles. The van der Waals surface area contributed by atoms with Crippen molar-refractivity contribution in [3.8, 4) is 11.5 Å². The third-order valence-electron chi connectivity index (χ3n) is 6.18. The molecule has 0 aliphatic heterocycles. The van der Waals surface area contributed by atoms with Crippen LogP contribution in [0.4, 0.5) is 11.4 Å². The van der Waals surface area contributed by atoms with Crippen LogP contribution in [0.2, 0.25) is 0 Å². The average molecular weight is 566 g/mol. The molecule has 37 heavy (non-hydrogen) atoms. The molecule has 0 heterocycles. The van der Waals surface area contributed by atoms with Crippen LogP contribution < -0.4 is 19.7 Å². The van der Waals surface area contributed by atoms with Crippen LogP contribution in [-0.2, 0) is 6.54 Å². The summed E-state index contributed by atoms with van der Waals surface area (Å²) in [5.74, 6) is 1.42. The van der Waals surface area contributed by atoms with Gasteiger partial charge in [-0.1, -0.05) is 60.3 Å². The Kier molecular flexibility index (Phi) is 11.1. The summed E-state index contributed by atoms with van der Waals surface area (Å²) in [7, 11) is 3.62. The molecule has 5 nitrogen and oxygen atoms in total. The van der Waals surface area contributed by atoms with Gasteiger partial charge in [-0.25, -0.2) is 0 Å². The van der Waals surface area contributed by atoms with Crippen molar-refractivity contribution in [2.75, 3.05) is 37.5 Å². The summed E-state index contributed by atoms with van der Waals surface area (Å²) in [6.07, 6.45) is 6.28. The molecule has 3 aromatic carbocycles. The third kappa shape index (κ3) is 7.86. The number of nitrogens with one attached hydrogen (secondary N) is 1. The normalized spacial score (nSPS) is 10.6. The number of anilines is 2. The zero-order valence-corrected chi connectivity index (χ0v) is 23.6. The smallest absolute Gasteiger partial charge is 0.197 e. The monoisotopic (exact) mass is 564 g/mol. The van der Waals surface area contributed by atoms with Gasteiger partial charge in [0.15, 0.2) is 5.78 Å². The van der Waals surface area contributed by atoms with E-state index in [1.165, 1.54) is 12.8 Å². The number of benzene rings is 3. The van der Waals surface area contributed by atoms with Crippen molar-refractivity contribution in [3.05, 3.63) is 94.5 Å². The molecule has 0 atom stereocenters. The minimum absolute atomic E-state index is 0.0629. The molecule has 0 spiro atoms. The van der Waals surface area contributed by atoms with E-state index < -0.39 is 0 Å². The second kappa shape index (κ2) is 14.5. The van der Waals surface area contributed by atoms with E-state index in [1.807, 2.05) is 78.7 Å². The van der Waals surface area contributed by atoms with Crippen LogP contribution in [0, 0.1) is 0 Å². The average Bonchev–Trinajstić information content (AvgIpc) is 2.92. The van der Waals surface area contributed by atoms with Crippen molar-refractivity contribution in [2.24, 2.45) is 0 Å². The highest BCUT2D eigenvalue weighted by atomic mass is 79.9. The molecule has 3 rings (SSSR count). The Morgan fingerprint density at radius 1 is 1.03 bits per heavy atom. The van der Waals surface area contributed by atoms with Gasteiger partial charge in [0.05, 0.1) is 30.7 Å². The van der Waals surface area contributed by atoms with Crippen LogP contribution in [0.25, 0.3) is 0 Å². The lowest BCUT2D eigenvalue weighted by molar-refractivity contribution is 0.103. The number of ether oxygens (including phenoxy) is 2. The van der Waals surface area contributed by atoms with Gasteiger partial charge in [0, 0.05) is 30.2 Å². The van der Waals surface area contributed by atoms with Crippen molar-refractivity contribution in [1.82, 2.24) is 0 Å². The Hall–Kier alpha value is -3.25. The number of carbonyl (C=O) groups is 1. The molecule has 0 fully saturated rings. The fourth-order valence-electron chi connectivity index (χ4n) is 4.10. The van der Waals surface area contributed by atoms with Gasteiger partial charge in [-0.3, -0.25) is 4.79 Å². The molecule has 0 aromatic heterocycles. The summed E-state index contributed by atoms with van der Waals surface area (Å²) >= 11 is 3.47. The highest BCUT2D eigenvalue weighted by molar-refractivity contribution is 9.10. The van der Waals surface area contributed by atoms with Crippen molar-refractivity contribution < 1.29 is 14.3 Å². The van der Waals surface area contributed by atoms with E-state index in [0.717, 1.165) is 34.3 Å². The highest BCUT2D eigenvalue weighted by Crippen LogP contribution is 2.38. The van der Waals surface area contributed by atoms with Gasteiger partial charge < -0.3 is 19.7 Å². The number of likely N-dealkylation sites (N-methyl/N-ethyl adjacent to an activating group) is 1. The molecule has 0 amide bonds. The molecule has 0 unspecified atom stereocenters. The summed E-state index contributed by atoms with van der Waals surface area (Å²) in [5.41, 5.74) is 3.80. The van der Waals surface area contributed by atoms with E-state index in [0.29, 0.717) is 42.3 Å². The predicted octanol–water partition coefficient (Wildman–Crippen LogP) is 7.88. The first kappa shape index (κ1) is 28.3. The van der Waals surface area contributed by atoms with Crippen molar-refractivity contribution in [1.29, 1.82) is 0 Å². The van der Waals surface area contributed by atoms with E-state index in [2.05, 4.69) is 34.7 Å². The molecule has 0 saturated carbocycles. The van der Waals surface area contributed by atoms with Crippen LogP contribution in [0.5, 0.6) is 11.5 Å². The molecular formula is C31H37BrN2O3. The predicted molar refractivity (Wildman–Crippen MR) is 157 cm³/mol. The number of ketones is 1. The van der Waals surface area contributed by atoms with E-state index in [1.54, 1.807) is 7.11 Å². The Labute approximate surface area is 229 Å². The minimum atomic E-state index is -0.0629. The summed E-state index contributed by atoms with van der Waals surface area (Å²) in [4.78, 5) is 16.0. The summed E-state index contributed by atoms with van der Waals surface area (Å²) in [6, 6.07) is 19.3. The molecule has 0 aliphatic carbocycles. The topological polar surface area (TPSA) is 50.8 Å². The van der Waals surface area contributed by atoms with Gasteiger partial charge >= 0.3 is 0 Å².